The third-order valence-electron chi connectivity index (χ3n) is 2.46. The van der Waals surface area contributed by atoms with Gasteiger partial charge in [-0.3, -0.25) is 0 Å². The van der Waals surface area contributed by atoms with Crippen molar-refractivity contribution < 1.29 is 14.7 Å². The Morgan fingerprint density at radius 1 is 1.37 bits per heavy atom. The molecule has 5 nitrogen and oxygen atoms in total. The van der Waals surface area contributed by atoms with Crippen molar-refractivity contribution in [2.45, 2.75) is 13.3 Å². The standard InChI is InChI=1S/C13H18N2O3S/c1-9-4-5-11(10(8-9)12(16)17)15-13(18)14-6-3-7-19-2/h4-5,8H,3,6-7H2,1-2H3,(H,16,17)(H2,14,15,18). The van der Waals surface area contributed by atoms with Crippen molar-refractivity contribution in [3.63, 3.8) is 0 Å². The summed E-state index contributed by atoms with van der Waals surface area (Å²) in [6.45, 7) is 2.37. The number of nitrogens with one attached hydrogen (secondary N) is 2. The third-order valence-corrected chi connectivity index (χ3v) is 3.16. The molecule has 1 aromatic rings. The molecule has 0 saturated heterocycles. The average Bonchev–Trinajstić information content (AvgIpc) is 2.36. The molecule has 0 heterocycles. The molecule has 0 bridgehead atoms. The number of anilines is 1. The molecule has 0 saturated carbocycles. The summed E-state index contributed by atoms with van der Waals surface area (Å²) in [4.78, 5) is 22.7. The molecular formula is C13H18N2O3S. The summed E-state index contributed by atoms with van der Waals surface area (Å²) in [5.41, 5.74) is 1.24. The largest absolute Gasteiger partial charge is 0.478 e. The molecule has 0 spiro atoms. The molecule has 0 atom stereocenters. The van der Waals surface area contributed by atoms with Crippen LogP contribution < -0.4 is 10.6 Å². The van der Waals surface area contributed by atoms with Gasteiger partial charge in [-0.1, -0.05) is 11.6 Å². The molecule has 0 aliphatic carbocycles. The zero-order valence-corrected chi connectivity index (χ0v) is 11.8. The summed E-state index contributed by atoms with van der Waals surface area (Å²) < 4.78 is 0. The lowest BCUT2D eigenvalue weighted by atomic mass is 10.1. The molecule has 1 rings (SSSR count). The molecule has 0 aliphatic rings. The van der Waals surface area contributed by atoms with Crippen molar-refractivity contribution in [3.8, 4) is 0 Å². The molecular weight excluding hydrogens is 264 g/mol. The van der Waals surface area contributed by atoms with Crippen molar-refractivity contribution in [1.29, 1.82) is 0 Å². The van der Waals surface area contributed by atoms with Crippen molar-refractivity contribution >= 4 is 29.4 Å². The second kappa shape index (κ2) is 7.68. The molecule has 0 unspecified atom stereocenters. The van der Waals surface area contributed by atoms with E-state index in [1.54, 1.807) is 30.8 Å². The van der Waals surface area contributed by atoms with Crippen LogP contribution in [-0.2, 0) is 0 Å². The van der Waals surface area contributed by atoms with Crippen molar-refractivity contribution in [1.82, 2.24) is 5.32 Å². The molecule has 0 radical (unpaired) electrons. The Labute approximate surface area is 116 Å². The van der Waals surface area contributed by atoms with Gasteiger partial charge in [0.1, 0.15) is 0 Å². The Morgan fingerprint density at radius 2 is 2.11 bits per heavy atom. The van der Waals surface area contributed by atoms with E-state index in [1.165, 1.54) is 6.07 Å². The number of rotatable bonds is 6. The lowest BCUT2D eigenvalue weighted by Gasteiger charge is -2.10. The fraction of sp³-hybridized carbons (Fsp3) is 0.385. The van der Waals surface area contributed by atoms with E-state index in [1.807, 2.05) is 6.26 Å². The van der Waals surface area contributed by atoms with Crippen LogP contribution in [-0.4, -0.2) is 35.7 Å². The van der Waals surface area contributed by atoms with Crippen LogP contribution in [0.1, 0.15) is 22.3 Å². The number of hydrogen-bond donors (Lipinski definition) is 3. The summed E-state index contributed by atoms with van der Waals surface area (Å²) >= 11 is 1.72. The number of amides is 2. The monoisotopic (exact) mass is 282 g/mol. The van der Waals surface area contributed by atoms with Crippen LogP contribution in [0.3, 0.4) is 0 Å². The maximum absolute atomic E-state index is 11.6. The van der Waals surface area contributed by atoms with E-state index in [4.69, 9.17) is 5.11 Å². The summed E-state index contributed by atoms with van der Waals surface area (Å²) in [5, 5.41) is 14.3. The van der Waals surface area contributed by atoms with Gasteiger partial charge in [0.05, 0.1) is 11.3 Å². The molecule has 6 heteroatoms. The van der Waals surface area contributed by atoms with Crippen LogP contribution in [0.25, 0.3) is 0 Å². The molecule has 0 aliphatic heterocycles. The van der Waals surface area contributed by atoms with Crippen LogP contribution >= 0.6 is 11.8 Å². The maximum atomic E-state index is 11.6. The lowest BCUT2D eigenvalue weighted by Crippen LogP contribution is -2.30. The van der Waals surface area contributed by atoms with Gasteiger partial charge >= 0.3 is 12.0 Å². The van der Waals surface area contributed by atoms with Gasteiger partial charge in [-0.2, -0.15) is 11.8 Å². The SMILES string of the molecule is CSCCCNC(=O)Nc1ccc(C)cc1C(=O)O. The molecule has 104 valence electrons. The Hall–Kier alpha value is -1.69. The first-order chi connectivity index (χ1) is 9.04. The molecule has 2 amide bonds. The minimum absolute atomic E-state index is 0.0965. The first-order valence-electron chi connectivity index (χ1n) is 5.92. The Balaban J connectivity index is 2.61. The fourth-order valence-electron chi connectivity index (χ4n) is 1.53. The van der Waals surface area contributed by atoms with E-state index < -0.39 is 5.97 Å². The van der Waals surface area contributed by atoms with Gasteiger partial charge in [0.15, 0.2) is 0 Å². The number of thioether (sulfide) groups is 1. The average molecular weight is 282 g/mol. The minimum Gasteiger partial charge on any atom is -0.478 e. The molecule has 19 heavy (non-hydrogen) atoms. The Bertz CT molecular complexity index is 463. The Morgan fingerprint density at radius 3 is 2.74 bits per heavy atom. The van der Waals surface area contributed by atoms with Gasteiger partial charge in [0, 0.05) is 6.54 Å². The first-order valence-corrected chi connectivity index (χ1v) is 7.31. The number of carboxylic acid groups (broad SMARTS) is 1. The predicted molar refractivity (Wildman–Crippen MR) is 78.2 cm³/mol. The van der Waals surface area contributed by atoms with Crippen LogP contribution in [0.2, 0.25) is 0 Å². The maximum Gasteiger partial charge on any atom is 0.337 e. The number of aryl methyl sites for hydroxylation is 1. The summed E-state index contributed by atoms with van der Waals surface area (Å²) in [7, 11) is 0. The lowest BCUT2D eigenvalue weighted by molar-refractivity contribution is 0.0698. The summed E-state index contributed by atoms with van der Waals surface area (Å²) in [5.74, 6) is -0.0769. The Kier molecular flexibility index (Phi) is 6.21. The van der Waals surface area contributed by atoms with E-state index in [-0.39, 0.29) is 11.6 Å². The van der Waals surface area contributed by atoms with Crippen molar-refractivity contribution in [2.75, 3.05) is 23.9 Å². The van der Waals surface area contributed by atoms with Gasteiger partial charge in [-0.25, -0.2) is 9.59 Å². The highest BCUT2D eigenvalue weighted by Gasteiger charge is 2.12. The van der Waals surface area contributed by atoms with Gasteiger partial charge in [-0.15, -0.1) is 0 Å². The second-order valence-corrected chi connectivity index (χ2v) is 5.07. The van der Waals surface area contributed by atoms with Crippen molar-refractivity contribution in [2.24, 2.45) is 0 Å². The van der Waals surface area contributed by atoms with Crippen LogP contribution in [0.15, 0.2) is 18.2 Å². The minimum atomic E-state index is -1.05. The highest BCUT2D eigenvalue weighted by atomic mass is 32.2. The normalized spacial score (nSPS) is 10.0. The van der Waals surface area contributed by atoms with E-state index in [2.05, 4.69) is 10.6 Å². The quantitative estimate of drug-likeness (QED) is 0.701. The number of aromatic carboxylic acids is 1. The van der Waals surface area contributed by atoms with Crippen LogP contribution in [0.5, 0.6) is 0 Å². The smallest absolute Gasteiger partial charge is 0.337 e. The highest BCUT2D eigenvalue weighted by molar-refractivity contribution is 7.98. The third kappa shape index (κ3) is 5.21. The number of carbonyl (C=O) groups is 2. The molecule has 0 fully saturated rings. The molecule has 0 aromatic heterocycles. The fourth-order valence-corrected chi connectivity index (χ4v) is 1.96. The van der Waals surface area contributed by atoms with Crippen LogP contribution in [0, 0.1) is 6.92 Å². The van der Waals surface area contributed by atoms with Crippen LogP contribution in [0.4, 0.5) is 10.5 Å². The summed E-state index contributed by atoms with van der Waals surface area (Å²) in [6, 6.07) is 4.51. The summed E-state index contributed by atoms with van der Waals surface area (Å²) in [6.07, 6.45) is 2.89. The molecule has 1 aromatic carbocycles. The van der Waals surface area contributed by atoms with Gasteiger partial charge in [0.2, 0.25) is 0 Å². The van der Waals surface area contributed by atoms with E-state index in [0.29, 0.717) is 12.2 Å². The second-order valence-electron chi connectivity index (χ2n) is 4.08. The topological polar surface area (TPSA) is 78.4 Å². The zero-order valence-electron chi connectivity index (χ0n) is 11.0. The number of carbonyl (C=O) groups excluding carboxylic acids is 1. The first kappa shape index (κ1) is 15.4. The number of benzene rings is 1. The van der Waals surface area contributed by atoms with E-state index in [0.717, 1.165) is 17.7 Å². The van der Waals surface area contributed by atoms with E-state index in [9.17, 15) is 9.59 Å². The predicted octanol–water partition coefficient (Wildman–Crippen LogP) is 2.57. The van der Waals surface area contributed by atoms with Gasteiger partial charge in [0.25, 0.3) is 0 Å². The number of urea groups is 1. The van der Waals surface area contributed by atoms with Gasteiger partial charge in [-0.05, 0) is 37.5 Å². The van der Waals surface area contributed by atoms with Crippen molar-refractivity contribution in [3.05, 3.63) is 29.3 Å². The number of carboxylic acids is 1. The zero-order chi connectivity index (χ0) is 14.3. The molecule has 3 N–H and O–H groups in total. The van der Waals surface area contributed by atoms with E-state index >= 15 is 0 Å². The highest BCUT2D eigenvalue weighted by Crippen LogP contribution is 2.17. The van der Waals surface area contributed by atoms with Gasteiger partial charge < -0.3 is 15.7 Å². The number of hydrogen-bond acceptors (Lipinski definition) is 3.